The number of benzene rings is 2. The van der Waals surface area contributed by atoms with Crippen molar-refractivity contribution in [3.8, 4) is 0 Å². The van der Waals surface area contributed by atoms with E-state index in [-0.39, 0.29) is 24.6 Å². The predicted molar refractivity (Wildman–Crippen MR) is 114 cm³/mol. The summed E-state index contributed by atoms with van der Waals surface area (Å²) < 4.78 is 38.0. The number of nitrogens with two attached hydrogens (primary N) is 2. The first-order chi connectivity index (χ1) is 13.7. The molecule has 5 nitrogen and oxygen atoms in total. The topological polar surface area (TPSA) is 87.6 Å². The number of hydrogen-bond acceptors (Lipinski definition) is 5. The number of rotatable bonds is 4. The van der Waals surface area contributed by atoms with Crippen LogP contribution >= 0.6 is 0 Å². The Morgan fingerprint density at radius 1 is 0.767 bits per heavy atom. The van der Waals surface area contributed by atoms with Crippen molar-refractivity contribution in [3.63, 3.8) is 0 Å². The van der Waals surface area contributed by atoms with Crippen molar-refractivity contribution in [2.75, 3.05) is 11.5 Å². The standard InChI is InChI=1S/C23H30F2N2O3/c1-22(2,3)17-7-13(24)9-19(26)15(17)11-29-21(28)30-12-16-18(23(4,5)6)8-14(25)10-20(16)27/h7-10H,11-12,26-27H2,1-6H3. The summed E-state index contributed by atoms with van der Waals surface area (Å²) in [6, 6.07) is 5.15. The van der Waals surface area contributed by atoms with Crippen LogP contribution < -0.4 is 11.5 Å². The minimum Gasteiger partial charge on any atom is -0.429 e. The van der Waals surface area contributed by atoms with Crippen molar-refractivity contribution in [2.24, 2.45) is 0 Å². The van der Waals surface area contributed by atoms with Crippen molar-refractivity contribution in [3.05, 3.63) is 58.2 Å². The van der Waals surface area contributed by atoms with Crippen LogP contribution in [0.2, 0.25) is 0 Å². The third-order valence-corrected chi connectivity index (χ3v) is 4.78. The molecule has 30 heavy (non-hydrogen) atoms. The highest BCUT2D eigenvalue weighted by Crippen LogP contribution is 2.32. The maximum absolute atomic E-state index is 13.8. The molecule has 2 rings (SSSR count). The first-order valence-electron chi connectivity index (χ1n) is 9.66. The molecule has 0 unspecified atom stereocenters. The molecule has 2 aromatic carbocycles. The van der Waals surface area contributed by atoms with Crippen LogP contribution in [0.4, 0.5) is 25.0 Å². The average Bonchev–Trinajstić information content (AvgIpc) is 2.57. The van der Waals surface area contributed by atoms with Gasteiger partial charge in [0.05, 0.1) is 0 Å². The van der Waals surface area contributed by atoms with Gasteiger partial charge < -0.3 is 20.9 Å². The summed E-state index contributed by atoms with van der Waals surface area (Å²) >= 11 is 0. The second-order valence-corrected chi connectivity index (χ2v) is 9.37. The van der Waals surface area contributed by atoms with Gasteiger partial charge in [-0.15, -0.1) is 0 Å². The smallest absolute Gasteiger partial charge is 0.429 e. The summed E-state index contributed by atoms with van der Waals surface area (Å²) in [7, 11) is 0. The van der Waals surface area contributed by atoms with E-state index < -0.39 is 28.6 Å². The molecule has 4 N–H and O–H groups in total. The lowest BCUT2D eigenvalue weighted by Crippen LogP contribution is -2.19. The Bertz CT molecular complexity index is 869. The largest absolute Gasteiger partial charge is 0.508 e. The molecule has 2 aromatic rings. The highest BCUT2D eigenvalue weighted by atomic mass is 19.1. The molecular formula is C23H30F2N2O3. The van der Waals surface area contributed by atoms with Gasteiger partial charge in [0, 0.05) is 22.5 Å². The lowest BCUT2D eigenvalue weighted by molar-refractivity contribution is 0.0443. The van der Waals surface area contributed by atoms with Gasteiger partial charge in [-0.1, -0.05) is 41.5 Å². The Balaban J connectivity index is 2.15. The van der Waals surface area contributed by atoms with E-state index in [0.717, 1.165) is 0 Å². The second kappa shape index (κ2) is 8.50. The monoisotopic (exact) mass is 420 g/mol. The molecule has 0 heterocycles. The van der Waals surface area contributed by atoms with E-state index in [1.807, 2.05) is 41.5 Å². The van der Waals surface area contributed by atoms with Gasteiger partial charge in [0.1, 0.15) is 24.8 Å². The number of anilines is 2. The molecule has 0 saturated heterocycles. The summed E-state index contributed by atoms with van der Waals surface area (Å²) in [5, 5.41) is 0. The molecule has 0 aliphatic carbocycles. The van der Waals surface area contributed by atoms with Gasteiger partial charge >= 0.3 is 6.16 Å². The van der Waals surface area contributed by atoms with E-state index in [1.54, 1.807) is 0 Å². The van der Waals surface area contributed by atoms with Crippen LogP contribution in [0, 0.1) is 11.6 Å². The predicted octanol–water partition coefficient (Wildman–Crippen LogP) is 5.58. The van der Waals surface area contributed by atoms with E-state index in [0.29, 0.717) is 22.3 Å². The van der Waals surface area contributed by atoms with E-state index in [2.05, 4.69) is 0 Å². The molecule has 0 bridgehead atoms. The van der Waals surface area contributed by atoms with Crippen LogP contribution in [0.5, 0.6) is 0 Å². The normalized spacial score (nSPS) is 12.0. The molecule has 0 aromatic heterocycles. The van der Waals surface area contributed by atoms with Crippen LogP contribution in [0.15, 0.2) is 24.3 Å². The van der Waals surface area contributed by atoms with Crippen molar-refractivity contribution < 1.29 is 23.0 Å². The van der Waals surface area contributed by atoms with Crippen LogP contribution in [-0.2, 0) is 33.5 Å². The first-order valence-corrected chi connectivity index (χ1v) is 9.66. The number of halogens is 2. The van der Waals surface area contributed by atoms with Gasteiger partial charge in [-0.2, -0.15) is 0 Å². The van der Waals surface area contributed by atoms with E-state index in [4.69, 9.17) is 20.9 Å². The molecule has 7 heteroatoms. The summed E-state index contributed by atoms with van der Waals surface area (Å²) in [5.41, 5.74) is 13.8. The maximum atomic E-state index is 13.8. The molecule has 0 aliphatic rings. The van der Waals surface area contributed by atoms with Crippen molar-refractivity contribution >= 4 is 17.5 Å². The molecule has 0 aliphatic heterocycles. The number of carbonyl (C=O) groups excluding carboxylic acids is 1. The molecular weight excluding hydrogens is 390 g/mol. The lowest BCUT2D eigenvalue weighted by Gasteiger charge is -2.25. The van der Waals surface area contributed by atoms with E-state index in [9.17, 15) is 13.6 Å². The Kier molecular flexibility index (Phi) is 6.64. The minimum absolute atomic E-state index is 0.164. The van der Waals surface area contributed by atoms with Gasteiger partial charge in [-0.25, -0.2) is 13.6 Å². The first kappa shape index (κ1) is 23.4. The zero-order valence-electron chi connectivity index (χ0n) is 18.4. The summed E-state index contributed by atoms with van der Waals surface area (Å²) in [6.45, 7) is 11.1. The number of ether oxygens (including phenoxy) is 2. The maximum Gasteiger partial charge on any atom is 0.508 e. The number of nitrogen functional groups attached to an aromatic ring is 2. The highest BCUT2D eigenvalue weighted by molar-refractivity contribution is 5.62. The molecule has 164 valence electrons. The quantitative estimate of drug-likeness (QED) is 0.498. The molecule has 0 amide bonds. The Hall–Kier alpha value is -2.83. The van der Waals surface area contributed by atoms with Gasteiger partial charge in [-0.05, 0) is 46.2 Å². The SMILES string of the molecule is CC(C)(C)c1cc(F)cc(N)c1COC(=O)OCc1c(N)cc(F)cc1C(C)(C)C. The lowest BCUT2D eigenvalue weighted by atomic mass is 9.83. The number of carbonyl (C=O) groups is 1. The van der Waals surface area contributed by atoms with E-state index >= 15 is 0 Å². The van der Waals surface area contributed by atoms with Crippen LogP contribution in [0.25, 0.3) is 0 Å². The second-order valence-electron chi connectivity index (χ2n) is 9.37. The minimum atomic E-state index is -0.929. The third-order valence-electron chi connectivity index (χ3n) is 4.78. The Morgan fingerprint density at radius 3 is 1.40 bits per heavy atom. The van der Waals surface area contributed by atoms with Crippen LogP contribution in [0.3, 0.4) is 0 Å². The third kappa shape index (κ3) is 5.62. The van der Waals surface area contributed by atoms with Gasteiger partial charge in [0.2, 0.25) is 0 Å². The Labute approximate surface area is 176 Å². The van der Waals surface area contributed by atoms with Crippen molar-refractivity contribution in [1.29, 1.82) is 0 Å². The Morgan fingerprint density at radius 2 is 1.10 bits per heavy atom. The summed E-state index contributed by atoms with van der Waals surface area (Å²) in [5.74, 6) is -0.907. The van der Waals surface area contributed by atoms with Crippen molar-refractivity contribution in [1.82, 2.24) is 0 Å². The molecule has 0 saturated carbocycles. The molecule has 0 fully saturated rings. The van der Waals surface area contributed by atoms with Gasteiger partial charge in [0.25, 0.3) is 0 Å². The molecule has 0 spiro atoms. The van der Waals surface area contributed by atoms with Gasteiger partial charge in [0.15, 0.2) is 0 Å². The fourth-order valence-corrected chi connectivity index (χ4v) is 3.28. The molecule has 0 atom stereocenters. The van der Waals surface area contributed by atoms with Gasteiger partial charge in [-0.3, -0.25) is 0 Å². The highest BCUT2D eigenvalue weighted by Gasteiger charge is 2.24. The zero-order chi connectivity index (χ0) is 22.9. The summed E-state index contributed by atoms with van der Waals surface area (Å²) in [6.07, 6.45) is -0.929. The summed E-state index contributed by atoms with van der Waals surface area (Å²) in [4.78, 5) is 12.2. The van der Waals surface area contributed by atoms with E-state index in [1.165, 1.54) is 24.3 Å². The molecule has 0 radical (unpaired) electrons. The van der Waals surface area contributed by atoms with Crippen LogP contribution in [0.1, 0.15) is 63.8 Å². The fourth-order valence-electron chi connectivity index (χ4n) is 3.28. The fraction of sp³-hybridized carbons (Fsp3) is 0.435. The zero-order valence-corrected chi connectivity index (χ0v) is 18.4. The van der Waals surface area contributed by atoms with Crippen LogP contribution in [-0.4, -0.2) is 6.16 Å². The van der Waals surface area contributed by atoms with Crippen molar-refractivity contribution in [2.45, 2.75) is 65.6 Å². The number of hydrogen-bond donors (Lipinski definition) is 2. The average molecular weight is 421 g/mol.